The molecule has 1 rings (SSSR count). The van der Waals surface area contributed by atoms with E-state index >= 15 is 0 Å². The molecule has 0 saturated carbocycles. The number of hydrogen-bond acceptors (Lipinski definition) is 3. The topological polar surface area (TPSA) is 24.9 Å². The molecule has 0 saturated heterocycles. The average Bonchev–Trinajstić information content (AvgIpc) is 2.88. The Morgan fingerprint density at radius 3 is 2.37 bits per heavy atom. The normalized spacial score (nSPS) is 16.6. The maximum atomic E-state index is 4.92. The fourth-order valence-corrected chi connectivity index (χ4v) is 3.75. The van der Waals surface area contributed by atoms with E-state index in [1.54, 1.807) is 0 Å². The number of nitrogens with zero attached hydrogens (tertiary/aromatic N) is 1. The molecule has 0 bridgehead atoms. The molecule has 2 atom stereocenters. The van der Waals surface area contributed by atoms with Gasteiger partial charge in [-0.15, -0.1) is 11.3 Å². The SMILES string of the molecule is CCNC(CC)(CC(C)CC)c1nc(C(C)C)cs1. The van der Waals surface area contributed by atoms with Crippen molar-refractivity contribution < 1.29 is 0 Å². The fraction of sp³-hybridized carbons (Fsp3) is 0.812. The highest BCUT2D eigenvalue weighted by Gasteiger charge is 2.33. The predicted octanol–water partition coefficient (Wildman–Crippen LogP) is 4.92. The van der Waals surface area contributed by atoms with Crippen LogP contribution in [0.25, 0.3) is 0 Å². The maximum Gasteiger partial charge on any atom is 0.113 e. The summed E-state index contributed by atoms with van der Waals surface area (Å²) in [5.74, 6) is 1.25. The highest BCUT2D eigenvalue weighted by atomic mass is 32.1. The van der Waals surface area contributed by atoms with Crippen molar-refractivity contribution in [2.75, 3.05) is 6.54 Å². The van der Waals surface area contributed by atoms with E-state index in [2.05, 4.69) is 52.2 Å². The molecule has 0 aromatic carbocycles. The van der Waals surface area contributed by atoms with Gasteiger partial charge in [0.15, 0.2) is 0 Å². The minimum absolute atomic E-state index is 0.0714. The van der Waals surface area contributed by atoms with Gasteiger partial charge in [-0.05, 0) is 31.2 Å². The van der Waals surface area contributed by atoms with Gasteiger partial charge in [0, 0.05) is 5.38 Å². The molecule has 110 valence electrons. The first-order valence-electron chi connectivity index (χ1n) is 7.69. The Balaban J connectivity index is 3.05. The summed E-state index contributed by atoms with van der Waals surface area (Å²) in [6, 6.07) is 0. The zero-order chi connectivity index (χ0) is 14.5. The monoisotopic (exact) mass is 282 g/mol. The first kappa shape index (κ1) is 16.6. The molecule has 2 unspecified atom stereocenters. The van der Waals surface area contributed by atoms with Gasteiger partial charge in [0.1, 0.15) is 5.01 Å². The molecule has 1 heterocycles. The van der Waals surface area contributed by atoms with Crippen LogP contribution in [-0.2, 0) is 5.54 Å². The third-order valence-electron chi connectivity index (χ3n) is 4.04. The van der Waals surface area contributed by atoms with Crippen LogP contribution in [0.15, 0.2) is 5.38 Å². The van der Waals surface area contributed by atoms with Gasteiger partial charge in [0.05, 0.1) is 11.2 Å². The highest BCUT2D eigenvalue weighted by Crippen LogP contribution is 2.36. The number of aromatic nitrogens is 1. The lowest BCUT2D eigenvalue weighted by molar-refractivity contribution is 0.253. The molecule has 1 aromatic rings. The number of nitrogens with one attached hydrogen (secondary N) is 1. The second-order valence-corrected chi connectivity index (χ2v) is 6.77. The first-order chi connectivity index (χ1) is 8.99. The van der Waals surface area contributed by atoms with Crippen LogP contribution < -0.4 is 5.32 Å². The molecular weight excluding hydrogens is 252 g/mol. The second kappa shape index (κ2) is 7.39. The zero-order valence-corrected chi connectivity index (χ0v) is 14.2. The number of hydrogen-bond donors (Lipinski definition) is 1. The van der Waals surface area contributed by atoms with Crippen molar-refractivity contribution in [1.29, 1.82) is 0 Å². The van der Waals surface area contributed by atoms with E-state index < -0.39 is 0 Å². The van der Waals surface area contributed by atoms with Crippen LogP contribution in [0.4, 0.5) is 0 Å². The third kappa shape index (κ3) is 4.03. The molecule has 0 amide bonds. The van der Waals surface area contributed by atoms with Crippen LogP contribution in [0.1, 0.15) is 77.4 Å². The Morgan fingerprint density at radius 2 is 1.95 bits per heavy atom. The molecule has 19 heavy (non-hydrogen) atoms. The summed E-state index contributed by atoms with van der Waals surface area (Å²) in [6.07, 6.45) is 3.52. The zero-order valence-electron chi connectivity index (χ0n) is 13.4. The van der Waals surface area contributed by atoms with Gasteiger partial charge in [-0.3, -0.25) is 0 Å². The molecule has 3 heteroatoms. The van der Waals surface area contributed by atoms with Crippen LogP contribution in [-0.4, -0.2) is 11.5 Å². The van der Waals surface area contributed by atoms with E-state index in [1.807, 2.05) is 11.3 Å². The molecule has 1 N–H and O–H groups in total. The van der Waals surface area contributed by atoms with Gasteiger partial charge in [-0.2, -0.15) is 0 Å². The van der Waals surface area contributed by atoms with Gasteiger partial charge in [0.25, 0.3) is 0 Å². The van der Waals surface area contributed by atoms with E-state index in [1.165, 1.54) is 23.5 Å². The summed E-state index contributed by atoms with van der Waals surface area (Å²) < 4.78 is 0. The van der Waals surface area contributed by atoms with Crippen molar-refractivity contribution in [3.63, 3.8) is 0 Å². The molecule has 0 aliphatic rings. The Hall–Kier alpha value is -0.410. The van der Waals surface area contributed by atoms with Crippen molar-refractivity contribution in [1.82, 2.24) is 10.3 Å². The molecule has 2 nitrogen and oxygen atoms in total. The van der Waals surface area contributed by atoms with E-state index in [0.717, 1.165) is 18.9 Å². The summed E-state index contributed by atoms with van der Waals surface area (Å²) in [4.78, 5) is 4.92. The number of thiazole rings is 1. The van der Waals surface area contributed by atoms with E-state index in [4.69, 9.17) is 4.98 Å². The lowest BCUT2D eigenvalue weighted by Crippen LogP contribution is -2.43. The maximum absolute atomic E-state index is 4.92. The Labute approximate surface area is 123 Å². The quantitative estimate of drug-likeness (QED) is 0.732. The van der Waals surface area contributed by atoms with Crippen LogP contribution in [0.2, 0.25) is 0 Å². The largest absolute Gasteiger partial charge is 0.306 e. The highest BCUT2D eigenvalue weighted by molar-refractivity contribution is 7.09. The lowest BCUT2D eigenvalue weighted by Gasteiger charge is -2.34. The molecule has 0 aliphatic carbocycles. The lowest BCUT2D eigenvalue weighted by atomic mass is 9.85. The van der Waals surface area contributed by atoms with Gasteiger partial charge < -0.3 is 5.32 Å². The molecule has 0 aliphatic heterocycles. The molecule has 0 spiro atoms. The standard InChI is InChI=1S/C16H30N2S/c1-7-13(6)10-16(8-2,17-9-3)15-18-14(11-19-15)12(4)5/h11-13,17H,7-10H2,1-6H3. The summed E-state index contributed by atoms with van der Waals surface area (Å²) in [5, 5.41) is 7.24. The second-order valence-electron chi connectivity index (χ2n) is 5.92. The van der Waals surface area contributed by atoms with Crippen molar-refractivity contribution in [2.45, 2.75) is 72.3 Å². The van der Waals surface area contributed by atoms with Crippen molar-refractivity contribution in [3.8, 4) is 0 Å². The minimum atomic E-state index is 0.0714. The summed E-state index contributed by atoms with van der Waals surface area (Å²) in [5.41, 5.74) is 1.31. The molecular formula is C16H30N2S. The predicted molar refractivity (Wildman–Crippen MR) is 85.9 cm³/mol. The molecule has 0 fully saturated rings. The van der Waals surface area contributed by atoms with Crippen molar-refractivity contribution in [3.05, 3.63) is 16.1 Å². The van der Waals surface area contributed by atoms with Crippen LogP contribution >= 0.6 is 11.3 Å². The summed E-state index contributed by atoms with van der Waals surface area (Å²) in [7, 11) is 0. The Kier molecular flexibility index (Phi) is 6.48. The minimum Gasteiger partial charge on any atom is -0.306 e. The van der Waals surface area contributed by atoms with Crippen LogP contribution in [0.5, 0.6) is 0 Å². The van der Waals surface area contributed by atoms with Gasteiger partial charge in [-0.25, -0.2) is 4.98 Å². The van der Waals surface area contributed by atoms with Crippen molar-refractivity contribution >= 4 is 11.3 Å². The van der Waals surface area contributed by atoms with E-state index in [9.17, 15) is 0 Å². The Morgan fingerprint density at radius 1 is 1.26 bits per heavy atom. The molecule has 1 aromatic heterocycles. The van der Waals surface area contributed by atoms with Crippen LogP contribution in [0.3, 0.4) is 0 Å². The summed E-state index contributed by atoms with van der Waals surface area (Å²) >= 11 is 1.83. The van der Waals surface area contributed by atoms with Gasteiger partial charge in [-0.1, -0.05) is 48.0 Å². The third-order valence-corrected chi connectivity index (χ3v) is 5.10. The van der Waals surface area contributed by atoms with Crippen LogP contribution in [0, 0.1) is 5.92 Å². The van der Waals surface area contributed by atoms with Gasteiger partial charge >= 0.3 is 0 Å². The summed E-state index contributed by atoms with van der Waals surface area (Å²) in [6.45, 7) is 14.5. The number of rotatable bonds is 8. The average molecular weight is 282 g/mol. The first-order valence-corrected chi connectivity index (χ1v) is 8.57. The van der Waals surface area contributed by atoms with E-state index in [0.29, 0.717) is 5.92 Å². The van der Waals surface area contributed by atoms with Crippen molar-refractivity contribution in [2.24, 2.45) is 5.92 Å². The van der Waals surface area contributed by atoms with Gasteiger partial charge in [0.2, 0.25) is 0 Å². The molecule has 0 radical (unpaired) electrons. The smallest absolute Gasteiger partial charge is 0.113 e. The fourth-order valence-electron chi connectivity index (χ4n) is 2.50. The Bertz CT molecular complexity index is 373. The van der Waals surface area contributed by atoms with E-state index in [-0.39, 0.29) is 5.54 Å².